The van der Waals surface area contributed by atoms with Crippen molar-refractivity contribution in [3.05, 3.63) is 35.2 Å². The summed E-state index contributed by atoms with van der Waals surface area (Å²) in [4.78, 5) is 43.4. The maximum absolute atomic E-state index is 13.1. The maximum Gasteiger partial charge on any atom is 0.410 e. The highest BCUT2D eigenvalue weighted by atomic mass is 16.6. The van der Waals surface area contributed by atoms with Crippen LogP contribution in [0, 0.1) is 6.92 Å². The van der Waals surface area contributed by atoms with Crippen molar-refractivity contribution in [2.45, 2.75) is 73.1 Å². The van der Waals surface area contributed by atoms with E-state index in [1.807, 2.05) is 46.1 Å². The van der Waals surface area contributed by atoms with Crippen LogP contribution in [0.4, 0.5) is 10.7 Å². The van der Waals surface area contributed by atoms with E-state index >= 15 is 0 Å². The van der Waals surface area contributed by atoms with Gasteiger partial charge in [-0.1, -0.05) is 0 Å². The molecule has 0 bridgehead atoms. The van der Waals surface area contributed by atoms with Gasteiger partial charge >= 0.3 is 6.09 Å². The third-order valence-electron chi connectivity index (χ3n) is 5.92. The number of nitrogens with zero attached hydrogens (tertiary/aromatic N) is 5. The molecular weight excluding hydrogens is 502 g/mol. The van der Waals surface area contributed by atoms with Gasteiger partial charge in [0.2, 0.25) is 11.9 Å². The first-order valence-electron chi connectivity index (χ1n) is 13.1. The lowest BCUT2D eigenvalue weighted by atomic mass is 10.1. The van der Waals surface area contributed by atoms with Crippen molar-refractivity contribution in [2.75, 3.05) is 25.5 Å². The van der Waals surface area contributed by atoms with Crippen molar-refractivity contribution in [2.24, 2.45) is 5.73 Å². The number of imidazole rings is 1. The molecule has 0 aliphatic rings. The summed E-state index contributed by atoms with van der Waals surface area (Å²) in [6, 6.07) is 4.90. The van der Waals surface area contributed by atoms with Crippen molar-refractivity contribution in [1.29, 1.82) is 0 Å². The van der Waals surface area contributed by atoms with Gasteiger partial charge in [-0.05, 0) is 72.6 Å². The second-order valence-electron chi connectivity index (χ2n) is 10.3. The van der Waals surface area contributed by atoms with Crippen molar-refractivity contribution < 1.29 is 23.9 Å². The molecule has 39 heavy (non-hydrogen) atoms. The first kappa shape index (κ1) is 29.5. The van der Waals surface area contributed by atoms with Crippen LogP contribution in [0.1, 0.15) is 74.0 Å². The van der Waals surface area contributed by atoms with Gasteiger partial charge in [0, 0.05) is 32.2 Å². The number of carbonyl (C=O) groups excluding carboxylic acids is 3. The van der Waals surface area contributed by atoms with E-state index in [4.69, 9.17) is 15.2 Å². The number of amides is 3. The van der Waals surface area contributed by atoms with Gasteiger partial charge in [-0.3, -0.25) is 19.6 Å². The van der Waals surface area contributed by atoms with Crippen LogP contribution in [-0.2, 0) is 17.8 Å². The zero-order chi connectivity index (χ0) is 28.9. The van der Waals surface area contributed by atoms with Crippen molar-refractivity contribution >= 4 is 34.9 Å². The molecule has 0 saturated carbocycles. The quantitative estimate of drug-likeness (QED) is 0.349. The topological polar surface area (TPSA) is 147 Å². The molecule has 0 saturated heterocycles. The van der Waals surface area contributed by atoms with Gasteiger partial charge in [-0.2, -0.15) is 5.10 Å². The van der Waals surface area contributed by atoms with Gasteiger partial charge in [0.05, 0.1) is 17.8 Å². The summed E-state index contributed by atoms with van der Waals surface area (Å²) in [5.74, 6) is -0.190. The molecule has 0 aliphatic heterocycles. The van der Waals surface area contributed by atoms with E-state index in [0.717, 1.165) is 5.69 Å². The number of nitrogens with two attached hydrogens (primary N) is 1. The standard InChI is InChI=1S/C27H39N7O5/c1-8-33-22-19(29-25(33)30-24(36)20-14-17(3)31-34(20)9-2)15-18(23(28)35)16-21(22)38-13-11-10-12-32(7)26(37)39-27(4,5)6/h14-16H,8-13H2,1-7H3,(H2,28,35)(H,29,30,36). The summed E-state index contributed by atoms with van der Waals surface area (Å²) in [5.41, 5.74) is 7.55. The lowest BCUT2D eigenvalue weighted by molar-refractivity contribution is 0.0294. The molecule has 3 N–H and O–H groups in total. The number of anilines is 1. The number of carbonyl (C=O) groups is 3. The summed E-state index contributed by atoms with van der Waals surface area (Å²) in [6.07, 6.45) is 0.963. The molecule has 0 spiro atoms. The summed E-state index contributed by atoms with van der Waals surface area (Å²) in [7, 11) is 1.69. The molecule has 0 unspecified atom stereocenters. The Morgan fingerprint density at radius 2 is 1.82 bits per heavy atom. The first-order chi connectivity index (χ1) is 18.3. The molecule has 0 atom stereocenters. The molecule has 0 aliphatic carbocycles. The third-order valence-corrected chi connectivity index (χ3v) is 5.92. The number of unbranched alkanes of at least 4 members (excludes halogenated alkanes) is 1. The fourth-order valence-corrected chi connectivity index (χ4v) is 4.08. The van der Waals surface area contributed by atoms with Crippen LogP contribution in [0.2, 0.25) is 0 Å². The molecule has 2 heterocycles. The van der Waals surface area contributed by atoms with E-state index in [1.165, 1.54) is 4.90 Å². The van der Waals surface area contributed by atoms with Gasteiger partial charge < -0.3 is 24.7 Å². The Morgan fingerprint density at radius 1 is 1.10 bits per heavy atom. The van der Waals surface area contributed by atoms with Crippen LogP contribution in [0.15, 0.2) is 18.2 Å². The van der Waals surface area contributed by atoms with Crippen LogP contribution in [0.25, 0.3) is 11.0 Å². The Hall–Kier alpha value is -4.09. The normalized spacial score (nSPS) is 11.5. The molecule has 0 radical (unpaired) electrons. The average molecular weight is 542 g/mol. The number of primary amides is 1. The minimum atomic E-state index is -0.611. The molecule has 3 rings (SSSR count). The first-order valence-corrected chi connectivity index (χ1v) is 13.1. The Balaban J connectivity index is 1.78. The van der Waals surface area contributed by atoms with E-state index < -0.39 is 11.5 Å². The van der Waals surface area contributed by atoms with Gasteiger partial charge in [-0.25, -0.2) is 9.78 Å². The van der Waals surface area contributed by atoms with E-state index in [0.29, 0.717) is 67.5 Å². The molecule has 212 valence electrons. The lowest BCUT2D eigenvalue weighted by Gasteiger charge is -2.24. The van der Waals surface area contributed by atoms with E-state index in [2.05, 4.69) is 15.4 Å². The summed E-state index contributed by atoms with van der Waals surface area (Å²) >= 11 is 0. The van der Waals surface area contributed by atoms with Crippen molar-refractivity contribution in [3.8, 4) is 5.75 Å². The van der Waals surface area contributed by atoms with Gasteiger partial charge in [0.25, 0.3) is 5.91 Å². The minimum Gasteiger partial charge on any atom is -0.491 e. The molecule has 3 aromatic rings. The lowest BCUT2D eigenvalue weighted by Crippen LogP contribution is -2.34. The van der Waals surface area contributed by atoms with Crippen LogP contribution in [0.3, 0.4) is 0 Å². The summed E-state index contributed by atoms with van der Waals surface area (Å²) in [5, 5.41) is 7.21. The highest BCUT2D eigenvalue weighted by Crippen LogP contribution is 2.31. The molecule has 12 heteroatoms. The monoisotopic (exact) mass is 541 g/mol. The molecule has 3 amide bonds. The zero-order valence-electron chi connectivity index (χ0n) is 23.8. The molecule has 2 aromatic heterocycles. The molecule has 12 nitrogen and oxygen atoms in total. The molecular formula is C27H39N7O5. The number of hydrogen-bond acceptors (Lipinski definition) is 7. The van der Waals surface area contributed by atoms with E-state index in [1.54, 1.807) is 29.9 Å². The second-order valence-corrected chi connectivity index (χ2v) is 10.3. The zero-order valence-corrected chi connectivity index (χ0v) is 23.8. The Bertz CT molecular complexity index is 1350. The third kappa shape index (κ3) is 7.27. The predicted octanol–water partition coefficient (Wildman–Crippen LogP) is 3.96. The second kappa shape index (κ2) is 12.2. The SMILES string of the molecule is CCn1nc(C)cc1C(=O)Nc1nc2cc(C(N)=O)cc(OCCCCN(C)C(=O)OC(C)(C)C)c2n1CC. The number of benzene rings is 1. The smallest absolute Gasteiger partial charge is 0.410 e. The fraction of sp³-hybridized carbons (Fsp3) is 0.519. The Morgan fingerprint density at radius 3 is 2.44 bits per heavy atom. The fourth-order valence-electron chi connectivity index (χ4n) is 4.08. The number of fused-ring (bicyclic) bond motifs is 1. The maximum atomic E-state index is 13.1. The summed E-state index contributed by atoms with van der Waals surface area (Å²) in [6.45, 7) is 13.0. The molecule has 0 fully saturated rings. The van der Waals surface area contributed by atoms with E-state index in [-0.39, 0.29) is 17.6 Å². The van der Waals surface area contributed by atoms with Crippen LogP contribution < -0.4 is 15.8 Å². The number of hydrogen-bond donors (Lipinski definition) is 2. The largest absolute Gasteiger partial charge is 0.491 e. The predicted molar refractivity (Wildman–Crippen MR) is 148 cm³/mol. The minimum absolute atomic E-state index is 0.250. The number of rotatable bonds is 11. The van der Waals surface area contributed by atoms with Crippen LogP contribution in [0.5, 0.6) is 5.75 Å². The molecule has 1 aromatic carbocycles. The number of aryl methyl sites for hydroxylation is 3. The van der Waals surface area contributed by atoms with Crippen molar-refractivity contribution in [1.82, 2.24) is 24.2 Å². The highest BCUT2D eigenvalue weighted by Gasteiger charge is 2.22. The Labute approximate surface area is 228 Å². The van der Waals surface area contributed by atoms with Crippen molar-refractivity contribution in [3.63, 3.8) is 0 Å². The highest BCUT2D eigenvalue weighted by molar-refractivity contribution is 6.04. The van der Waals surface area contributed by atoms with Gasteiger partial charge in [0.15, 0.2) is 0 Å². The number of nitrogens with one attached hydrogen (secondary N) is 1. The van der Waals surface area contributed by atoms with Crippen LogP contribution >= 0.6 is 0 Å². The summed E-state index contributed by atoms with van der Waals surface area (Å²) < 4.78 is 14.9. The number of aromatic nitrogens is 4. The van der Waals surface area contributed by atoms with Crippen LogP contribution in [-0.4, -0.2) is 67.9 Å². The van der Waals surface area contributed by atoms with E-state index in [9.17, 15) is 14.4 Å². The average Bonchev–Trinajstić information content (AvgIpc) is 3.41. The Kier molecular flexibility index (Phi) is 9.20. The van der Waals surface area contributed by atoms with Gasteiger partial charge in [0.1, 0.15) is 22.6 Å². The van der Waals surface area contributed by atoms with Gasteiger partial charge in [-0.15, -0.1) is 0 Å². The number of ether oxygens (including phenoxy) is 2.